The van der Waals surface area contributed by atoms with Crippen molar-refractivity contribution in [1.29, 1.82) is 0 Å². The highest BCUT2D eigenvalue weighted by Gasteiger charge is 2.55. The summed E-state index contributed by atoms with van der Waals surface area (Å²) in [5.74, 6) is 0.381. The monoisotopic (exact) mass is 379 g/mol. The third-order valence-electron chi connectivity index (χ3n) is 7.56. The van der Waals surface area contributed by atoms with Gasteiger partial charge in [0.05, 0.1) is 12.7 Å². The van der Waals surface area contributed by atoms with Crippen LogP contribution in [0, 0.1) is 5.41 Å². The van der Waals surface area contributed by atoms with E-state index < -0.39 is 0 Å². The Hall–Kier alpha value is -1.84. The Kier molecular flexibility index (Phi) is 5.01. The van der Waals surface area contributed by atoms with Gasteiger partial charge in [-0.05, 0) is 60.5 Å². The summed E-state index contributed by atoms with van der Waals surface area (Å²) < 4.78 is 6.17. The van der Waals surface area contributed by atoms with Gasteiger partial charge < -0.3 is 9.84 Å². The molecule has 1 N–H and O–H groups in total. The molecule has 1 aliphatic carbocycles. The lowest BCUT2D eigenvalue weighted by Gasteiger charge is -2.61. The van der Waals surface area contributed by atoms with Crippen LogP contribution in [0.2, 0.25) is 0 Å². The van der Waals surface area contributed by atoms with Crippen molar-refractivity contribution in [3.8, 4) is 5.75 Å². The Morgan fingerprint density at radius 3 is 2.64 bits per heavy atom. The number of phenolic OH excluding ortho intramolecular Hbond substituents is 1. The van der Waals surface area contributed by atoms with Gasteiger partial charge in [0.15, 0.2) is 0 Å². The highest BCUT2D eigenvalue weighted by atomic mass is 16.5. The van der Waals surface area contributed by atoms with Gasteiger partial charge in [-0.15, -0.1) is 0 Å². The van der Waals surface area contributed by atoms with Gasteiger partial charge in [0.25, 0.3) is 0 Å². The molecule has 3 atom stereocenters. The molecule has 2 bridgehead atoms. The van der Waals surface area contributed by atoms with Crippen molar-refractivity contribution in [3.05, 3.63) is 65.2 Å². The van der Waals surface area contributed by atoms with Gasteiger partial charge in [-0.3, -0.25) is 4.90 Å². The third-order valence-corrected chi connectivity index (χ3v) is 7.56. The van der Waals surface area contributed by atoms with Crippen LogP contribution in [0.25, 0.3) is 0 Å². The van der Waals surface area contributed by atoms with Crippen molar-refractivity contribution >= 4 is 0 Å². The Morgan fingerprint density at radius 1 is 1.14 bits per heavy atom. The predicted octanol–water partition coefficient (Wildman–Crippen LogP) is 4.91. The van der Waals surface area contributed by atoms with Gasteiger partial charge in [0.1, 0.15) is 5.75 Å². The Bertz CT molecular complexity index is 832. The molecular formula is C25H33NO2. The molecule has 150 valence electrons. The van der Waals surface area contributed by atoms with Crippen molar-refractivity contribution in [3.63, 3.8) is 0 Å². The van der Waals surface area contributed by atoms with E-state index in [1.165, 1.54) is 16.7 Å². The van der Waals surface area contributed by atoms with Gasteiger partial charge in [0, 0.05) is 18.0 Å². The number of fused-ring (bicyclic) bond motifs is 4. The molecule has 0 radical (unpaired) electrons. The van der Waals surface area contributed by atoms with E-state index in [1.54, 1.807) is 0 Å². The fraction of sp³-hybridized carbons (Fsp3) is 0.520. The normalized spacial score (nSPS) is 27.2. The number of piperidine rings is 1. The number of phenols is 1. The molecule has 1 heterocycles. The fourth-order valence-electron chi connectivity index (χ4n) is 5.45. The summed E-state index contributed by atoms with van der Waals surface area (Å²) in [4.78, 5) is 2.63. The minimum Gasteiger partial charge on any atom is -0.508 e. The topological polar surface area (TPSA) is 32.7 Å². The standard InChI is InChI=1S/C25H33NO2/c1-18(28-17-19-8-6-5-7-9-19)16-26-13-12-25(4)22-11-10-21(27)14-20(22)15-23(26)24(25,2)3/h5-11,14,18,23,27H,12-13,15-17H2,1-4H3/t18-,23+,25?/m1/s1. The second-order valence-electron chi connectivity index (χ2n) is 9.47. The molecule has 28 heavy (non-hydrogen) atoms. The second-order valence-corrected chi connectivity index (χ2v) is 9.47. The quantitative estimate of drug-likeness (QED) is 0.801. The minimum absolute atomic E-state index is 0.142. The van der Waals surface area contributed by atoms with Gasteiger partial charge in [0.2, 0.25) is 0 Å². The van der Waals surface area contributed by atoms with E-state index >= 15 is 0 Å². The zero-order valence-electron chi connectivity index (χ0n) is 17.6. The first-order chi connectivity index (χ1) is 13.3. The van der Waals surface area contributed by atoms with E-state index in [1.807, 2.05) is 18.2 Å². The van der Waals surface area contributed by atoms with E-state index in [4.69, 9.17) is 4.74 Å². The molecule has 1 fully saturated rings. The Balaban J connectivity index is 1.50. The molecule has 2 aromatic rings. The largest absolute Gasteiger partial charge is 0.508 e. The number of hydrogen-bond acceptors (Lipinski definition) is 3. The number of rotatable bonds is 5. The minimum atomic E-state index is 0.142. The molecule has 1 saturated heterocycles. The van der Waals surface area contributed by atoms with Crippen molar-refractivity contribution in [2.75, 3.05) is 13.1 Å². The first-order valence-electron chi connectivity index (χ1n) is 10.5. The molecule has 0 aromatic heterocycles. The summed E-state index contributed by atoms with van der Waals surface area (Å²) in [6.07, 6.45) is 2.32. The molecule has 0 amide bonds. The highest BCUT2D eigenvalue weighted by Crippen LogP contribution is 2.56. The van der Waals surface area contributed by atoms with Crippen LogP contribution in [-0.4, -0.2) is 35.2 Å². The smallest absolute Gasteiger partial charge is 0.115 e. The highest BCUT2D eigenvalue weighted by molar-refractivity contribution is 5.45. The van der Waals surface area contributed by atoms with Crippen LogP contribution < -0.4 is 0 Å². The lowest BCUT2D eigenvalue weighted by atomic mass is 9.51. The maximum Gasteiger partial charge on any atom is 0.115 e. The molecule has 4 rings (SSSR count). The van der Waals surface area contributed by atoms with Gasteiger partial charge in [-0.1, -0.05) is 57.2 Å². The van der Waals surface area contributed by atoms with Gasteiger partial charge >= 0.3 is 0 Å². The summed E-state index contributed by atoms with van der Waals surface area (Å²) in [5, 5.41) is 10.0. The summed E-state index contributed by atoms with van der Waals surface area (Å²) in [6.45, 7) is 12.2. The number of hydrogen-bond donors (Lipinski definition) is 1. The summed E-state index contributed by atoms with van der Waals surface area (Å²) in [5.41, 5.74) is 4.29. The van der Waals surface area contributed by atoms with E-state index in [-0.39, 0.29) is 16.9 Å². The summed E-state index contributed by atoms with van der Waals surface area (Å²) >= 11 is 0. The number of benzene rings is 2. The number of nitrogens with zero attached hydrogens (tertiary/aromatic N) is 1. The fourth-order valence-corrected chi connectivity index (χ4v) is 5.45. The maximum atomic E-state index is 10.0. The van der Waals surface area contributed by atoms with Crippen LogP contribution >= 0.6 is 0 Å². The summed E-state index contributed by atoms with van der Waals surface area (Å²) in [6, 6.07) is 16.9. The molecular weight excluding hydrogens is 346 g/mol. The molecule has 2 aliphatic rings. The maximum absolute atomic E-state index is 10.0. The van der Waals surface area contributed by atoms with E-state index in [2.05, 4.69) is 62.9 Å². The van der Waals surface area contributed by atoms with E-state index in [0.717, 1.165) is 25.9 Å². The van der Waals surface area contributed by atoms with E-state index in [9.17, 15) is 5.11 Å². The molecule has 1 aliphatic heterocycles. The number of ether oxygens (including phenoxy) is 1. The van der Waals surface area contributed by atoms with Gasteiger partial charge in [-0.2, -0.15) is 0 Å². The molecule has 2 aromatic carbocycles. The molecule has 3 nitrogen and oxygen atoms in total. The average Bonchev–Trinajstić information content (AvgIpc) is 2.66. The van der Waals surface area contributed by atoms with Gasteiger partial charge in [-0.25, -0.2) is 0 Å². The Labute approximate surface area is 169 Å². The number of likely N-dealkylation sites (tertiary alicyclic amines) is 1. The third kappa shape index (κ3) is 3.25. The average molecular weight is 380 g/mol. The zero-order chi connectivity index (χ0) is 19.9. The predicted molar refractivity (Wildman–Crippen MR) is 114 cm³/mol. The van der Waals surface area contributed by atoms with E-state index in [0.29, 0.717) is 18.4 Å². The second kappa shape index (κ2) is 7.20. The summed E-state index contributed by atoms with van der Waals surface area (Å²) in [7, 11) is 0. The van der Waals surface area contributed by atoms with Crippen molar-refractivity contribution in [2.24, 2.45) is 5.41 Å². The Morgan fingerprint density at radius 2 is 1.89 bits per heavy atom. The zero-order valence-corrected chi connectivity index (χ0v) is 17.6. The molecule has 1 unspecified atom stereocenters. The first kappa shape index (κ1) is 19.5. The van der Waals surface area contributed by atoms with Crippen molar-refractivity contribution in [2.45, 2.75) is 64.7 Å². The van der Waals surface area contributed by atoms with Crippen LogP contribution in [0.5, 0.6) is 5.75 Å². The van der Waals surface area contributed by atoms with Crippen LogP contribution in [0.3, 0.4) is 0 Å². The molecule has 3 heteroatoms. The SMILES string of the molecule is C[C@H](CN1CCC2(C)c3ccc(O)cc3C[C@H]1C2(C)C)OCc1ccccc1. The van der Waals surface area contributed by atoms with Crippen LogP contribution in [0.1, 0.15) is 50.8 Å². The lowest BCUT2D eigenvalue weighted by Crippen LogP contribution is -2.64. The first-order valence-corrected chi connectivity index (χ1v) is 10.5. The molecule has 0 saturated carbocycles. The molecule has 0 spiro atoms. The lowest BCUT2D eigenvalue weighted by molar-refractivity contribution is -0.0648. The van der Waals surface area contributed by atoms with Crippen LogP contribution in [0.4, 0.5) is 0 Å². The van der Waals surface area contributed by atoms with Crippen LogP contribution in [-0.2, 0) is 23.2 Å². The van der Waals surface area contributed by atoms with Crippen LogP contribution in [0.15, 0.2) is 48.5 Å². The van der Waals surface area contributed by atoms with Crippen molar-refractivity contribution in [1.82, 2.24) is 4.90 Å². The number of aromatic hydroxyl groups is 1. The van der Waals surface area contributed by atoms with Crippen molar-refractivity contribution < 1.29 is 9.84 Å².